The Kier molecular flexibility index (Phi) is 32.8. The van der Waals surface area contributed by atoms with E-state index in [4.69, 9.17) is 27.1 Å². The molecule has 502 valence electrons. The standard InChI is InChI=1S/C28H40N6O7.C18H29N5O4.C14H16N2O6.5H2/c1-18(2)25(33-22(36)8-4-3-5-16-34-23(37)13-14-24(34)38)27(40)32-21(7-6-15-30-28(29)41)26(39)31-20-11-9-19(17-35)10-12-20;1-11(2)15(19)17(26)23-14(4-3-9-21-18(20)27)16(25)22-13-7-5-12(10-24)6-8-13;17-10-5-6-11(18)15(10)9-3-1-2-4-14(21)22-16-12(19)7-8-13(16)20;;;;;/h9-14,18,21,25,35H,3-8,15-17H2,1-2H3,(H,31,39)(H,32,40)(H,33,36)(H3,29,30,41);5-8,11,14-15,24H,3-4,9-10,19H2,1-2H3,(H,22,25)(H,23,26)(H3,20,21,27);5-6H,1-4,7-9H2;5*1H/t21-,25-;14-,15-;;;;;;/m00....../s1. The largest absolute Gasteiger partial charge is 0.392 e. The van der Waals surface area contributed by atoms with Crippen molar-refractivity contribution in [3.8, 4) is 0 Å². The molecule has 30 heteroatoms. The van der Waals surface area contributed by atoms with E-state index in [-0.39, 0.29) is 113 Å². The van der Waals surface area contributed by atoms with Gasteiger partial charge in [0.2, 0.25) is 29.5 Å². The maximum Gasteiger partial charge on any atom is 0.333 e. The molecule has 30 nitrogen and oxygen atoms in total. The summed E-state index contributed by atoms with van der Waals surface area (Å²) in [6.07, 6.45) is 9.94. The number of hydrogen-bond donors (Lipinski definition) is 12. The Bertz CT molecular complexity index is 2880. The van der Waals surface area contributed by atoms with E-state index in [1.807, 2.05) is 13.8 Å². The van der Waals surface area contributed by atoms with E-state index in [0.29, 0.717) is 86.3 Å². The highest BCUT2D eigenvalue weighted by Gasteiger charge is 2.33. The van der Waals surface area contributed by atoms with Crippen LogP contribution in [0.5, 0.6) is 0 Å². The number of carbonyl (C=O) groups excluding carboxylic acids is 14. The highest BCUT2D eigenvalue weighted by atomic mass is 16.7. The number of unbranched alkanes of at least 4 members (excludes halogenated alkanes) is 4. The second-order valence-corrected chi connectivity index (χ2v) is 21.7. The molecule has 3 aliphatic rings. The Morgan fingerprint density at radius 1 is 0.522 bits per heavy atom. The topological polar surface area (TPSA) is 461 Å². The molecule has 15 N–H and O–H groups in total. The molecule has 2 aromatic carbocycles. The van der Waals surface area contributed by atoms with Crippen LogP contribution in [0.2, 0.25) is 0 Å². The number of hydrogen-bond acceptors (Lipinski definition) is 18. The zero-order chi connectivity index (χ0) is 66.9. The van der Waals surface area contributed by atoms with Crippen LogP contribution < -0.4 is 54.4 Å². The van der Waals surface area contributed by atoms with Gasteiger partial charge in [0.15, 0.2) is 0 Å². The van der Waals surface area contributed by atoms with Gasteiger partial charge in [-0.25, -0.2) is 14.4 Å². The van der Waals surface area contributed by atoms with Crippen LogP contribution in [0.25, 0.3) is 0 Å². The lowest BCUT2D eigenvalue weighted by Gasteiger charge is -2.25. The number of nitrogens with zero attached hydrogens (tertiary/aromatic N) is 3. The van der Waals surface area contributed by atoms with Gasteiger partial charge in [-0.15, -0.1) is 5.06 Å². The van der Waals surface area contributed by atoms with E-state index in [0.717, 1.165) is 15.4 Å². The molecule has 5 rings (SSSR count). The van der Waals surface area contributed by atoms with Crippen molar-refractivity contribution < 1.29 is 89.3 Å². The summed E-state index contributed by atoms with van der Waals surface area (Å²) in [5.74, 6) is -5.45. The second kappa shape index (κ2) is 39.5. The van der Waals surface area contributed by atoms with Crippen molar-refractivity contribution in [1.29, 1.82) is 0 Å². The number of nitrogens with one attached hydrogen (secondary N) is 7. The van der Waals surface area contributed by atoms with Gasteiger partial charge in [0.25, 0.3) is 35.4 Å². The lowest BCUT2D eigenvalue weighted by molar-refractivity contribution is -0.197. The van der Waals surface area contributed by atoms with E-state index in [2.05, 4.69) is 37.2 Å². The first kappa shape index (κ1) is 74.8. The minimum atomic E-state index is -0.960. The number of imide groups is 3. The molecule has 1 fully saturated rings. The van der Waals surface area contributed by atoms with Crippen LogP contribution in [0.1, 0.15) is 136 Å². The summed E-state index contributed by atoms with van der Waals surface area (Å²) in [5, 5.41) is 37.3. The zero-order valence-electron chi connectivity index (χ0n) is 51.1. The van der Waals surface area contributed by atoms with Crippen molar-refractivity contribution in [2.24, 2.45) is 29.0 Å². The number of nitrogens with two attached hydrogens (primary N) is 3. The lowest BCUT2D eigenvalue weighted by Crippen LogP contribution is -2.54. The number of primary amides is 2. The van der Waals surface area contributed by atoms with Crippen LogP contribution in [0.3, 0.4) is 0 Å². The highest BCUT2D eigenvalue weighted by Crippen LogP contribution is 2.17. The highest BCUT2D eigenvalue weighted by molar-refractivity contribution is 6.13. The average molecular weight is 1270 g/mol. The van der Waals surface area contributed by atoms with Crippen molar-refractivity contribution in [2.45, 2.75) is 155 Å². The number of aliphatic hydroxyl groups is 2. The first-order valence-electron chi connectivity index (χ1n) is 29.6. The van der Waals surface area contributed by atoms with Crippen molar-refractivity contribution in [1.82, 2.24) is 41.4 Å². The molecule has 0 unspecified atom stereocenters. The van der Waals surface area contributed by atoms with Crippen molar-refractivity contribution in [3.05, 3.63) is 84.0 Å². The molecule has 1 saturated heterocycles. The van der Waals surface area contributed by atoms with Crippen LogP contribution in [0, 0.1) is 11.8 Å². The molecular formula is C60H95N13O17. The third-order valence-corrected chi connectivity index (χ3v) is 13.8. The Balaban J connectivity index is -0.00000137. The van der Waals surface area contributed by atoms with Gasteiger partial charge in [0.05, 0.1) is 19.3 Å². The summed E-state index contributed by atoms with van der Waals surface area (Å²) in [6.45, 7) is 8.05. The zero-order valence-corrected chi connectivity index (χ0v) is 51.1. The molecule has 3 heterocycles. The average Bonchev–Trinajstić information content (AvgIpc) is 1.95. The third kappa shape index (κ3) is 27.3. The van der Waals surface area contributed by atoms with E-state index < -0.39 is 77.6 Å². The van der Waals surface area contributed by atoms with E-state index in [1.54, 1.807) is 62.4 Å². The molecule has 0 bridgehead atoms. The molecular weight excluding hydrogens is 1170 g/mol. The van der Waals surface area contributed by atoms with Crippen LogP contribution in [-0.2, 0) is 75.6 Å². The van der Waals surface area contributed by atoms with Crippen LogP contribution >= 0.6 is 0 Å². The predicted octanol–water partition coefficient (Wildman–Crippen LogP) is 2.02. The number of amides is 15. The second-order valence-electron chi connectivity index (χ2n) is 21.7. The monoisotopic (exact) mass is 1270 g/mol. The lowest BCUT2D eigenvalue weighted by atomic mass is 10.0. The van der Waals surface area contributed by atoms with Gasteiger partial charge in [-0.05, 0) is 98.6 Å². The van der Waals surface area contributed by atoms with Crippen molar-refractivity contribution in [2.75, 3.05) is 36.8 Å². The van der Waals surface area contributed by atoms with E-state index in [9.17, 15) is 72.2 Å². The molecule has 0 spiro atoms. The van der Waals surface area contributed by atoms with Gasteiger partial charge in [0.1, 0.15) is 18.1 Å². The fraction of sp³-hybridized carbons (Fsp3) is 0.500. The summed E-state index contributed by atoms with van der Waals surface area (Å²) in [7, 11) is 0. The molecule has 15 amide bonds. The fourth-order valence-corrected chi connectivity index (χ4v) is 8.59. The Labute approximate surface area is 528 Å². The molecule has 90 heavy (non-hydrogen) atoms. The summed E-state index contributed by atoms with van der Waals surface area (Å²) < 4.78 is 0. The molecule has 3 aliphatic heterocycles. The number of benzene rings is 2. The molecule has 0 radical (unpaired) electrons. The quantitative estimate of drug-likeness (QED) is 0.0352. The number of anilines is 2. The molecule has 0 aliphatic carbocycles. The number of aliphatic hydroxyl groups excluding tert-OH is 2. The molecule has 4 atom stereocenters. The third-order valence-electron chi connectivity index (χ3n) is 13.8. The Morgan fingerprint density at radius 2 is 0.922 bits per heavy atom. The number of urea groups is 2. The summed E-state index contributed by atoms with van der Waals surface area (Å²) in [4.78, 5) is 172. The van der Waals surface area contributed by atoms with Crippen LogP contribution in [0.4, 0.5) is 21.0 Å². The molecule has 0 saturated carbocycles. The van der Waals surface area contributed by atoms with E-state index >= 15 is 0 Å². The minimum Gasteiger partial charge on any atom is -0.392 e. The Hall–Kier alpha value is -9.42. The van der Waals surface area contributed by atoms with Crippen LogP contribution in [0.15, 0.2) is 72.8 Å². The maximum absolute atomic E-state index is 13.2. The molecule has 0 aromatic heterocycles. The first-order chi connectivity index (χ1) is 42.7. The van der Waals surface area contributed by atoms with E-state index in [1.165, 1.54) is 24.3 Å². The van der Waals surface area contributed by atoms with Gasteiger partial charge < -0.3 is 69.5 Å². The molecule has 2 aromatic rings. The van der Waals surface area contributed by atoms with Gasteiger partial charge in [0, 0.05) is 94.7 Å². The SMILES string of the molecule is CC(C)[C@H](N)C(=O)N[C@@H](CCCNC(N)=O)C(=O)Nc1ccc(CO)cc1.CC(C)[C@H](NC(=O)CCCCCN1C(=O)C=CC1=O)C(=O)N[C@@H](CCCNC(N)=O)C(=O)Nc1ccc(CO)cc1.O=C(CCCCCN1C(=O)C=CC1=O)ON1C(=O)CCC1=O.[HH].[HH].[HH].[HH].[HH]. The summed E-state index contributed by atoms with van der Waals surface area (Å²) in [5.41, 5.74) is 18.4. The number of hydroxylamine groups is 2. The van der Waals surface area contributed by atoms with Gasteiger partial charge in [-0.3, -0.25) is 62.5 Å². The van der Waals surface area contributed by atoms with Crippen molar-refractivity contribution in [3.63, 3.8) is 0 Å². The predicted molar refractivity (Wildman–Crippen MR) is 335 cm³/mol. The summed E-state index contributed by atoms with van der Waals surface area (Å²) >= 11 is 0. The van der Waals surface area contributed by atoms with Gasteiger partial charge in [-0.2, -0.15) is 0 Å². The maximum atomic E-state index is 13.2. The fourth-order valence-electron chi connectivity index (χ4n) is 8.59. The first-order valence-corrected chi connectivity index (χ1v) is 29.6. The Morgan fingerprint density at radius 3 is 1.30 bits per heavy atom. The summed E-state index contributed by atoms with van der Waals surface area (Å²) in [6, 6.07) is 8.55. The van der Waals surface area contributed by atoms with Gasteiger partial charge in [-0.1, -0.05) is 64.8 Å². The van der Waals surface area contributed by atoms with Gasteiger partial charge >= 0.3 is 18.0 Å². The normalized spacial score (nSPS) is 14.7. The number of carbonyl (C=O) groups is 14. The smallest absolute Gasteiger partial charge is 0.333 e. The van der Waals surface area contributed by atoms with Crippen LogP contribution in [-0.4, -0.2) is 158 Å². The van der Waals surface area contributed by atoms with Crippen molar-refractivity contribution >= 4 is 94.4 Å². The minimum absolute atomic E-state index is 0. The number of rotatable bonds is 34.